The first kappa shape index (κ1) is 14.5. The van der Waals surface area contributed by atoms with Crippen molar-refractivity contribution in [1.82, 2.24) is 0 Å². The summed E-state index contributed by atoms with van der Waals surface area (Å²) in [6, 6.07) is 3.11. The van der Waals surface area contributed by atoms with E-state index in [0.717, 1.165) is 32.0 Å². The Morgan fingerprint density at radius 1 is 1.21 bits per heavy atom. The average molecular weight is 265 g/mol. The lowest BCUT2D eigenvalue weighted by atomic mass is 9.90. The van der Waals surface area contributed by atoms with Gasteiger partial charge in [-0.15, -0.1) is 0 Å². The highest BCUT2D eigenvalue weighted by Crippen LogP contribution is 2.29. The fourth-order valence-corrected chi connectivity index (χ4v) is 1.80. The number of Topliss-reactive ketones (excluding diaryl/α,β-unsaturated/α-hetero) is 2. The quantitative estimate of drug-likeness (QED) is 0.490. The molecule has 7 nitrogen and oxygen atoms in total. The Bertz CT molecular complexity index is 564. The minimum Gasteiger partial charge on any atom is -0.478 e. The fraction of sp³-hybridized carbons (Fsp3) is 0.250. The van der Waals surface area contributed by atoms with Gasteiger partial charge in [0.15, 0.2) is 0 Å². The number of nitrogens with zero attached hydrogens (tertiary/aromatic N) is 1. The van der Waals surface area contributed by atoms with Gasteiger partial charge in [-0.05, 0) is 19.9 Å². The first-order valence-electron chi connectivity index (χ1n) is 5.28. The number of carboxylic acid groups (broad SMARTS) is 1. The summed E-state index contributed by atoms with van der Waals surface area (Å²) in [5.41, 5.74) is -0.911. The number of carbonyl (C=O) groups is 3. The van der Waals surface area contributed by atoms with Crippen LogP contribution in [0.5, 0.6) is 0 Å². The molecule has 0 fully saturated rings. The van der Waals surface area contributed by atoms with E-state index in [1.54, 1.807) is 0 Å². The fourth-order valence-electron chi connectivity index (χ4n) is 1.80. The van der Waals surface area contributed by atoms with E-state index in [1.807, 2.05) is 0 Å². The zero-order valence-electron chi connectivity index (χ0n) is 10.2. The molecule has 19 heavy (non-hydrogen) atoms. The molecule has 1 N–H and O–H groups in total. The number of carboxylic acids is 1. The summed E-state index contributed by atoms with van der Waals surface area (Å²) in [5.74, 6) is -3.63. The number of nitro benzene ring substituents is 1. The molecule has 1 aromatic carbocycles. The second kappa shape index (κ2) is 5.38. The van der Waals surface area contributed by atoms with Crippen LogP contribution in [-0.2, 0) is 9.59 Å². The molecule has 0 bridgehead atoms. The predicted molar refractivity (Wildman–Crippen MR) is 64.2 cm³/mol. The Balaban J connectivity index is 3.50. The number of nitro groups is 1. The molecule has 0 spiro atoms. The van der Waals surface area contributed by atoms with Gasteiger partial charge in [0.25, 0.3) is 5.69 Å². The molecule has 100 valence electrons. The van der Waals surface area contributed by atoms with Crippen molar-refractivity contribution in [1.29, 1.82) is 0 Å². The molecule has 0 heterocycles. The second-order valence-electron chi connectivity index (χ2n) is 3.99. The van der Waals surface area contributed by atoms with Crippen LogP contribution in [0.1, 0.15) is 35.7 Å². The highest BCUT2D eigenvalue weighted by Gasteiger charge is 2.30. The van der Waals surface area contributed by atoms with Gasteiger partial charge in [0.05, 0.1) is 10.5 Å². The maximum Gasteiger partial charge on any atom is 0.335 e. The molecule has 0 aliphatic rings. The van der Waals surface area contributed by atoms with E-state index in [-0.39, 0.29) is 11.1 Å². The zero-order valence-corrected chi connectivity index (χ0v) is 10.2. The monoisotopic (exact) mass is 265 g/mol. The van der Waals surface area contributed by atoms with E-state index in [0.29, 0.717) is 0 Å². The maximum atomic E-state index is 11.4. The number of hydrogen-bond donors (Lipinski definition) is 1. The van der Waals surface area contributed by atoms with E-state index in [2.05, 4.69) is 0 Å². The number of ketones is 2. The lowest BCUT2D eigenvalue weighted by molar-refractivity contribution is -0.385. The lowest BCUT2D eigenvalue weighted by Gasteiger charge is -2.11. The number of carbonyl (C=O) groups excluding carboxylic acids is 2. The second-order valence-corrected chi connectivity index (χ2v) is 3.99. The third-order valence-corrected chi connectivity index (χ3v) is 2.60. The van der Waals surface area contributed by atoms with Crippen molar-refractivity contribution in [3.05, 3.63) is 39.4 Å². The minimum atomic E-state index is -1.32. The molecule has 0 saturated heterocycles. The van der Waals surface area contributed by atoms with Crippen molar-refractivity contribution in [3.8, 4) is 0 Å². The van der Waals surface area contributed by atoms with Crippen LogP contribution in [0.3, 0.4) is 0 Å². The van der Waals surface area contributed by atoms with Crippen molar-refractivity contribution < 1.29 is 24.4 Å². The van der Waals surface area contributed by atoms with Crippen molar-refractivity contribution in [2.24, 2.45) is 0 Å². The van der Waals surface area contributed by atoms with Crippen molar-refractivity contribution in [2.45, 2.75) is 19.8 Å². The van der Waals surface area contributed by atoms with E-state index >= 15 is 0 Å². The van der Waals surface area contributed by atoms with E-state index < -0.39 is 34.1 Å². The van der Waals surface area contributed by atoms with Gasteiger partial charge >= 0.3 is 5.97 Å². The number of rotatable bonds is 5. The van der Waals surface area contributed by atoms with Crippen LogP contribution in [0.2, 0.25) is 0 Å². The predicted octanol–water partition coefficient (Wildman–Crippen LogP) is 1.55. The maximum absolute atomic E-state index is 11.4. The van der Waals surface area contributed by atoms with E-state index in [4.69, 9.17) is 5.11 Å². The summed E-state index contributed by atoms with van der Waals surface area (Å²) in [6.45, 7) is 2.31. The topological polar surface area (TPSA) is 115 Å². The van der Waals surface area contributed by atoms with Crippen molar-refractivity contribution in [2.75, 3.05) is 0 Å². The normalized spacial score (nSPS) is 10.3. The highest BCUT2D eigenvalue weighted by molar-refractivity contribution is 6.06. The molecule has 0 aromatic heterocycles. The summed E-state index contributed by atoms with van der Waals surface area (Å²) in [7, 11) is 0. The van der Waals surface area contributed by atoms with Gasteiger partial charge in [-0.3, -0.25) is 19.7 Å². The van der Waals surface area contributed by atoms with Gasteiger partial charge < -0.3 is 5.11 Å². The SMILES string of the molecule is CC(=O)C(C(C)=O)c1ccc(C(=O)O)cc1[N+](=O)[O-]. The van der Waals surface area contributed by atoms with Gasteiger partial charge in [-0.2, -0.15) is 0 Å². The smallest absolute Gasteiger partial charge is 0.335 e. The molecule has 0 unspecified atom stereocenters. The Labute approximate surface area is 108 Å². The van der Waals surface area contributed by atoms with Crippen LogP contribution in [-0.4, -0.2) is 27.6 Å². The number of aromatic carboxylic acids is 1. The summed E-state index contributed by atoms with van der Waals surface area (Å²) in [6.07, 6.45) is 0. The molecule has 0 atom stereocenters. The third-order valence-electron chi connectivity index (χ3n) is 2.60. The summed E-state index contributed by atoms with van der Waals surface area (Å²) in [5, 5.41) is 19.7. The Morgan fingerprint density at radius 2 is 1.74 bits per heavy atom. The molecule has 0 saturated carbocycles. The molecule has 1 aromatic rings. The van der Waals surface area contributed by atoms with Crippen molar-refractivity contribution >= 4 is 23.2 Å². The van der Waals surface area contributed by atoms with Crippen LogP contribution in [0, 0.1) is 10.1 Å². The highest BCUT2D eigenvalue weighted by atomic mass is 16.6. The van der Waals surface area contributed by atoms with Crippen LogP contribution in [0.4, 0.5) is 5.69 Å². The van der Waals surface area contributed by atoms with Gasteiger partial charge in [0, 0.05) is 11.6 Å². The van der Waals surface area contributed by atoms with E-state index in [1.165, 1.54) is 0 Å². The van der Waals surface area contributed by atoms with Gasteiger partial charge in [-0.25, -0.2) is 4.79 Å². The summed E-state index contributed by atoms with van der Waals surface area (Å²) in [4.78, 5) is 43.7. The molecular formula is C12H11NO6. The van der Waals surface area contributed by atoms with Crippen molar-refractivity contribution in [3.63, 3.8) is 0 Å². The number of benzene rings is 1. The summed E-state index contributed by atoms with van der Waals surface area (Å²) < 4.78 is 0. The van der Waals surface area contributed by atoms with Crippen LogP contribution in [0.15, 0.2) is 18.2 Å². The first-order chi connectivity index (χ1) is 8.75. The van der Waals surface area contributed by atoms with E-state index in [9.17, 15) is 24.5 Å². The van der Waals surface area contributed by atoms with Crippen LogP contribution in [0.25, 0.3) is 0 Å². The Kier molecular flexibility index (Phi) is 4.11. The molecule has 7 heteroatoms. The summed E-state index contributed by atoms with van der Waals surface area (Å²) >= 11 is 0. The largest absolute Gasteiger partial charge is 0.478 e. The lowest BCUT2D eigenvalue weighted by Crippen LogP contribution is -2.18. The molecular weight excluding hydrogens is 254 g/mol. The van der Waals surface area contributed by atoms with Gasteiger partial charge in [0.1, 0.15) is 17.5 Å². The Morgan fingerprint density at radius 3 is 2.11 bits per heavy atom. The zero-order chi connectivity index (χ0) is 14.7. The van der Waals surface area contributed by atoms with Gasteiger partial charge in [-0.1, -0.05) is 6.07 Å². The molecule has 0 radical (unpaired) electrons. The Hall–Kier alpha value is -2.57. The molecule has 0 aliphatic heterocycles. The first-order valence-corrected chi connectivity index (χ1v) is 5.28. The van der Waals surface area contributed by atoms with Crippen LogP contribution >= 0.6 is 0 Å². The molecule has 0 amide bonds. The third kappa shape index (κ3) is 3.01. The van der Waals surface area contributed by atoms with Gasteiger partial charge in [0.2, 0.25) is 0 Å². The van der Waals surface area contributed by atoms with Crippen LogP contribution < -0.4 is 0 Å². The molecule has 1 rings (SSSR count). The average Bonchev–Trinajstić information content (AvgIpc) is 2.27. The standard InChI is InChI=1S/C12H11NO6/c1-6(14)11(7(2)15)9-4-3-8(12(16)17)5-10(9)13(18)19/h3-5,11H,1-2H3,(H,16,17). The molecule has 0 aliphatic carbocycles. The minimum absolute atomic E-state index is 0.0880. The number of hydrogen-bond acceptors (Lipinski definition) is 5.